The van der Waals surface area contributed by atoms with E-state index in [1.165, 1.54) is 25.1 Å². The van der Waals surface area contributed by atoms with Crippen LogP contribution in [-0.4, -0.2) is 53.1 Å². The highest BCUT2D eigenvalue weighted by molar-refractivity contribution is 5.10. The third-order valence-corrected chi connectivity index (χ3v) is 4.77. The van der Waals surface area contributed by atoms with Crippen molar-refractivity contribution in [3.63, 3.8) is 0 Å². The molecule has 2 aliphatic rings. The number of ether oxygens (including phenoxy) is 1. The molecule has 3 atom stereocenters. The second-order valence-electron chi connectivity index (χ2n) is 6.17. The van der Waals surface area contributed by atoms with Crippen molar-refractivity contribution in [1.29, 1.82) is 0 Å². The summed E-state index contributed by atoms with van der Waals surface area (Å²) in [6, 6.07) is 3.04. The Kier molecular flexibility index (Phi) is 4.93. The summed E-state index contributed by atoms with van der Waals surface area (Å²) in [5, 5.41) is 8.12. The van der Waals surface area contributed by atoms with Gasteiger partial charge in [0.2, 0.25) is 0 Å². The molecule has 3 heterocycles. The number of rotatable bonds is 6. The van der Waals surface area contributed by atoms with Gasteiger partial charge in [0, 0.05) is 25.3 Å². The first-order chi connectivity index (χ1) is 10.3. The molecule has 1 aromatic rings. The third-order valence-electron chi connectivity index (χ3n) is 4.77. The van der Waals surface area contributed by atoms with E-state index >= 15 is 0 Å². The molecule has 0 saturated carbocycles. The number of aromatic nitrogens is 2. The van der Waals surface area contributed by atoms with Gasteiger partial charge in [0.1, 0.15) is 0 Å². The van der Waals surface area contributed by atoms with Gasteiger partial charge < -0.3 is 10.1 Å². The topological polar surface area (TPSA) is 42.3 Å². The van der Waals surface area contributed by atoms with Gasteiger partial charge in [-0.2, -0.15) is 5.10 Å². The Balaban J connectivity index is 1.75. The molecular weight excluding hydrogens is 264 g/mol. The number of nitrogens with one attached hydrogen (secondary N) is 1. The summed E-state index contributed by atoms with van der Waals surface area (Å²) in [4.78, 5) is 2.61. The van der Waals surface area contributed by atoms with Gasteiger partial charge in [0.25, 0.3) is 0 Å². The van der Waals surface area contributed by atoms with Crippen LogP contribution in [-0.2, 0) is 11.3 Å². The lowest BCUT2D eigenvalue weighted by molar-refractivity contribution is -0.0664. The number of nitrogens with zero attached hydrogens (tertiary/aromatic N) is 3. The van der Waals surface area contributed by atoms with Gasteiger partial charge in [-0.1, -0.05) is 6.92 Å². The lowest BCUT2D eigenvalue weighted by atomic mass is 10.0. The van der Waals surface area contributed by atoms with Crippen molar-refractivity contribution in [1.82, 2.24) is 20.0 Å². The van der Waals surface area contributed by atoms with E-state index in [0.717, 1.165) is 32.7 Å². The number of morpholine rings is 1. The quantitative estimate of drug-likeness (QED) is 0.868. The van der Waals surface area contributed by atoms with Crippen LogP contribution in [0.15, 0.2) is 12.3 Å². The second kappa shape index (κ2) is 6.90. The van der Waals surface area contributed by atoms with Crippen molar-refractivity contribution in [3.05, 3.63) is 18.0 Å². The molecular formula is C16H28N4O. The van der Waals surface area contributed by atoms with Crippen molar-refractivity contribution < 1.29 is 4.74 Å². The molecule has 2 aliphatic heterocycles. The maximum absolute atomic E-state index is 6.23. The van der Waals surface area contributed by atoms with Gasteiger partial charge in [0.05, 0.1) is 24.4 Å². The summed E-state index contributed by atoms with van der Waals surface area (Å²) in [7, 11) is 0. The van der Waals surface area contributed by atoms with Gasteiger partial charge in [-0.05, 0) is 45.3 Å². The Morgan fingerprint density at radius 2 is 2.38 bits per heavy atom. The van der Waals surface area contributed by atoms with Crippen molar-refractivity contribution >= 4 is 0 Å². The standard InChI is InChI=1S/C16H28N4O/c1-3-8-17-16(14-7-9-18-20(14)4-2)15-11-19-10-5-6-13(19)12-21-15/h7,9,13,15-17H,3-6,8,10-12H2,1-2H3. The fraction of sp³-hybridized carbons (Fsp3) is 0.812. The number of hydrogen-bond donors (Lipinski definition) is 1. The Hall–Kier alpha value is -0.910. The van der Waals surface area contributed by atoms with E-state index in [1.54, 1.807) is 0 Å². The van der Waals surface area contributed by atoms with Gasteiger partial charge >= 0.3 is 0 Å². The highest BCUT2D eigenvalue weighted by Gasteiger charge is 2.37. The van der Waals surface area contributed by atoms with Crippen LogP contribution < -0.4 is 5.32 Å². The predicted molar refractivity (Wildman–Crippen MR) is 83.3 cm³/mol. The van der Waals surface area contributed by atoms with Crippen LogP contribution in [0.2, 0.25) is 0 Å². The van der Waals surface area contributed by atoms with E-state index < -0.39 is 0 Å². The minimum Gasteiger partial charge on any atom is -0.373 e. The maximum Gasteiger partial charge on any atom is 0.0912 e. The third kappa shape index (κ3) is 3.15. The molecule has 0 radical (unpaired) electrons. The molecule has 2 fully saturated rings. The average molecular weight is 292 g/mol. The van der Waals surface area contributed by atoms with Crippen molar-refractivity contribution in [3.8, 4) is 0 Å². The van der Waals surface area contributed by atoms with Crippen LogP contribution in [0.3, 0.4) is 0 Å². The fourth-order valence-corrected chi connectivity index (χ4v) is 3.64. The van der Waals surface area contributed by atoms with Crippen LogP contribution in [0.25, 0.3) is 0 Å². The molecule has 0 bridgehead atoms. The molecule has 0 amide bonds. The van der Waals surface area contributed by atoms with Gasteiger partial charge in [0.15, 0.2) is 0 Å². The first-order valence-electron chi connectivity index (χ1n) is 8.44. The van der Waals surface area contributed by atoms with Crippen molar-refractivity contribution in [2.45, 2.75) is 57.8 Å². The summed E-state index contributed by atoms with van der Waals surface area (Å²) < 4.78 is 8.32. The second-order valence-corrected chi connectivity index (χ2v) is 6.17. The highest BCUT2D eigenvalue weighted by atomic mass is 16.5. The summed E-state index contributed by atoms with van der Waals surface area (Å²) >= 11 is 0. The molecule has 118 valence electrons. The average Bonchev–Trinajstić information content (AvgIpc) is 3.15. The zero-order valence-electron chi connectivity index (χ0n) is 13.3. The van der Waals surface area contributed by atoms with E-state index in [0.29, 0.717) is 6.04 Å². The SMILES string of the molecule is CCCNC(c1ccnn1CC)C1CN2CCCC2CO1. The summed E-state index contributed by atoms with van der Waals surface area (Å²) in [6.07, 6.45) is 5.89. The Morgan fingerprint density at radius 3 is 3.19 bits per heavy atom. The summed E-state index contributed by atoms with van der Waals surface area (Å²) in [5.74, 6) is 0. The molecule has 0 aromatic carbocycles. The van der Waals surface area contributed by atoms with Crippen LogP contribution in [0.5, 0.6) is 0 Å². The maximum atomic E-state index is 6.23. The molecule has 5 nitrogen and oxygen atoms in total. The van der Waals surface area contributed by atoms with E-state index in [1.807, 2.05) is 6.20 Å². The molecule has 3 unspecified atom stereocenters. The Labute approximate surface area is 127 Å². The molecule has 1 aromatic heterocycles. The molecule has 3 rings (SSSR count). The van der Waals surface area contributed by atoms with Crippen LogP contribution in [0, 0.1) is 0 Å². The first-order valence-corrected chi connectivity index (χ1v) is 8.44. The van der Waals surface area contributed by atoms with E-state index in [2.05, 4.69) is 39.9 Å². The largest absolute Gasteiger partial charge is 0.373 e. The minimum atomic E-state index is 0.230. The monoisotopic (exact) mass is 292 g/mol. The minimum absolute atomic E-state index is 0.230. The predicted octanol–water partition coefficient (Wildman–Crippen LogP) is 1.81. The van der Waals surface area contributed by atoms with Gasteiger partial charge in [-0.25, -0.2) is 0 Å². The Bertz CT molecular complexity index is 447. The lowest BCUT2D eigenvalue weighted by Gasteiger charge is -2.39. The van der Waals surface area contributed by atoms with E-state index in [4.69, 9.17) is 4.74 Å². The fourth-order valence-electron chi connectivity index (χ4n) is 3.64. The van der Waals surface area contributed by atoms with Crippen LogP contribution in [0.4, 0.5) is 0 Å². The molecule has 1 N–H and O–H groups in total. The number of fused-ring (bicyclic) bond motifs is 1. The molecule has 0 aliphatic carbocycles. The molecule has 21 heavy (non-hydrogen) atoms. The normalized spacial score (nSPS) is 27.7. The van der Waals surface area contributed by atoms with E-state index in [-0.39, 0.29) is 12.1 Å². The first kappa shape index (κ1) is 15.0. The number of aryl methyl sites for hydroxylation is 1. The molecule has 5 heteroatoms. The lowest BCUT2D eigenvalue weighted by Crippen LogP contribution is -2.51. The van der Waals surface area contributed by atoms with Gasteiger partial charge in [-0.3, -0.25) is 9.58 Å². The highest BCUT2D eigenvalue weighted by Crippen LogP contribution is 2.28. The smallest absolute Gasteiger partial charge is 0.0912 e. The van der Waals surface area contributed by atoms with Gasteiger partial charge in [-0.15, -0.1) is 0 Å². The molecule has 2 saturated heterocycles. The zero-order chi connectivity index (χ0) is 14.7. The van der Waals surface area contributed by atoms with Crippen LogP contribution in [0.1, 0.15) is 44.8 Å². The van der Waals surface area contributed by atoms with Crippen LogP contribution >= 0.6 is 0 Å². The van der Waals surface area contributed by atoms with Crippen molar-refractivity contribution in [2.75, 3.05) is 26.2 Å². The Morgan fingerprint density at radius 1 is 1.48 bits per heavy atom. The molecule has 0 spiro atoms. The van der Waals surface area contributed by atoms with E-state index in [9.17, 15) is 0 Å². The summed E-state index contributed by atoms with van der Waals surface area (Å²) in [6.45, 7) is 9.44. The number of hydrogen-bond acceptors (Lipinski definition) is 4. The zero-order valence-corrected chi connectivity index (χ0v) is 13.3. The van der Waals surface area contributed by atoms with Crippen molar-refractivity contribution in [2.24, 2.45) is 0 Å². The summed E-state index contributed by atoms with van der Waals surface area (Å²) in [5.41, 5.74) is 1.26.